The Bertz CT molecular complexity index is 3260. The monoisotopic (exact) mass is 1960 g/mol. The van der Waals surface area contributed by atoms with Crippen molar-refractivity contribution < 1.29 is 195 Å². The van der Waals surface area contributed by atoms with Gasteiger partial charge in [0.15, 0.2) is 0 Å². The second-order valence-corrected chi connectivity index (χ2v) is 37.1. The summed E-state index contributed by atoms with van der Waals surface area (Å²) in [5.41, 5.74) is -17.9. The Balaban J connectivity index is 10.2. The first-order valence-corrected chi connectivity index (χ1v) is 46.3. The smallest absolute Gasteiger partial charge is 0.322 e. The highest BCUT2D eigenvalue weighted by atomic mass is 32.2. The van der Waals surface area contributed by atoms with E-state index < -0.39 is 235 Å². The molecule has 0 aromatic heterocycles. The molecule has 42 heteroatoms. The van der Waals surface area contributed by atoms with Crippen LogP contribution in [0, 0.1) is 48.7 Å². The van der Waals surface area contributed by atoms with Crippen LogP contribution in [0.3, 0.4) is 0 Å². The molecule has 0 aromatic rings. The highest BCUT2D eigenvalue weighted by Gasteiger charge is 2.61. The summed E-state index contributed by atoms with van der Waals surface area (Å²) in [6.07, 6.45) is -6.60. The van der Waals surface area contributed by atoms with Gasteiger partial charge in [0.1, 0.15) is 83.5 Å². The minimum Gasteiger partial charge on any atom is -0.463 e. The molecule has 0 aliphatic rings. The van der Waals surface area contributed by atoms with Crippen LogP contribution in [0.25, 0.3) is 0 Å². The lowest BCUT2D eigenvalue weighted by molar-refractivity contribution is -0.178. The molecular weight excluding hydrogens is 1790 g/mol. The van der Waals surface area contributed by atoms with Crippen LogP contribution in [0.2, 0.25) is 0 Å². The summed E-state index contributed by atoms with van der Waals surface area (Å²) >= 11 is 0.660. The van der Waals surface area contributed by atoms with Crippen LogP contribution in [0.15, 0.2) is 0 Å². The van der Waals surface area contributed by atoms with Gasteiger partial charge in [0.05, 0.1) is 233 Å². The number of aliphatic hydroxyl groups excluding tert-OH is 1. The number of thioether (sulfide) groups is 1. The lowest BCUT2D eigenvalue weighted by Crippen LogP contribution is -2.52. The van der Waals surface area contributed by atoms with E-state index in [0.717, 1.165) is 0 Å². The summed E-state index contributed by atoms with van der Waals surface area (Å²) in [7, 11) is 13.2. The summed E-state index contributed by atoms with van der Waals surface area (Å²) in [5, 5.41) is 10.9. The van der Waals surface area contributed by atoms with Crippen LogP contribution < -0.4 is 0 Å². The zero-order chi connectivity index (χ0) is 101. The summed E-state index contributed by atoms with van der Waals surface area (Å²) in [6, 6.07) is 0. The molecule has 0 saturated heterocycles. The van der Waals surface area contributed by atoms with Crippen LogP contribution in [0.1, 0.15) is 148 Å². The van der Waals surface area contributed by atoms with Crippen LogP contribution in [0.5, 0.6) is 0 Å². The lowest BCUT2D eigenvalue weighted by atomic mass is 9.56. The Hall–Kier alpha value is -6.24. The predicted octanol–water partition coefficient (Wildman–Crippen LogP) is 6.41. The molecule has 41 nitrogen and oxygen atoms in total. The maximum atomic E-state index is 16.3. The molecule has 134 heavy (non-hydrogen) atoms. The maximum absolute atomic E-state index is 16.3. The normalized spacial score (nSPS) is 15.7. The Labute approximate surface area is 797 Å². The van der Waals surface area contributed by atoms with Gasteiger partial charge in [-0.2, -0.15) is 0 Å². The number of hydrogen-bond acceptors (Lipinski definition) is 42. The SMILES string of the molecule is CCC(C)(C)C(=O)OCC(O)COC(=O)CSC(C)(CC(C)(CC(C)(CC(C)(CC(C)(CC(C)(CC(C)(CC(C)(CC(C)(C)C(=O)OCCOCCOC)C(=O)OCCOCCOC)C(=O)OCCOCCOC)C(=O)OCCOCCOC)C(=O)OCCOCCOC)C(=O)OCCOCCOC)C(=O)OCCOCCOC)C(=O)OCCOCCOC)C(=O)OCCOCCOC. The molecule has 0 amide bonds. The number of aliphatic hydroxyl groups is 1. The Kier molecular flexibility index (Phi) is 67.9. The van der Waals surface area contributed by atoms with E-state index in [-0.39, 0.29) is 198 Å². The average Bonchev–Trinajstić information content (AvgIpc) is 0.750. The number of esters is 11. The van der Waals surface area contributed by atoms with Gasteiger partial charge in [-0.1, -0.05) is 6.92 Å². The molecule has 0 aliphatic heterocycles. The number of carbonyl (C=O) groups is 11. The van der Waals surface area contributed by atoms with Crippen LogP contribution in [0.4, 0.5) is 0 Å². The third kappa shape index (κ3) is 52.7. The maximum Gasteiger partial charge on any atom is 0.322 e. The molecule has 9 unspecified atom stereocenters. The van der Waals surface area contributed by atoms with Gasteiger partial charge in [0.25, 0.3) is 0 Å². The third-order valence-corrected chi connectivity index (χ3v) is 22.8. The number of carbonyl (C=O) groups excluding carboxylic acids is 11. The largest absolute Gasteiger partial charge is 0.463 e. The van der Waals surface area contributed by atoms with Gasteiger partial charge in [-0.15, -0.1) is 11.8 Å². The van der Waals surface area contributed by atoms with Crippen molar-refractivity contribution in [3.05, 3.63) is 0 Å². The average molecular weight is 1960 g/mol. The van der Waals surface area contributed by atoms with Gasteiger partial charge in [-0.3, -0.25) is 52.7 Å². The van der Waals surface area contributed by atoms with Crippen molar-refractivity contribution in [2.45, 2.75) is 159 Å². The van der Waals surface area contributed by atoms with Crippen molar-refractivity contribution in [1.82, 2.24) is 0 Å². The quantitative estimate of drug-likeness (QED) is 0.0390. The molecule has 0 radical (unpaired) electrons. The highest BCUT2D eigenvalue weighted by Crippen LogP contribution is 2.57. The molecule has 0 aromatic carbocycles. The number of rotatable bonds is 88. The fraction of sp³-hybridized carbons (Fsp3) is 0.880. The van der Waals surface area contributed by atoms with Crippen molar-refractivity contribution in [3.8, 4) is 0 Å². The molecule has 784 valence electrons. The summed E-state index contributed by atoms with van der Waals surface area (Å²) in [6.45, 7) is 15.2. The molecule has 0 bridgehead atoms. The molecule has 0 saturated carbocycles. The Morgan fingerprint density at radius 3 is 0.612 bits per heavy atom. The van der Waals surface area contributed by atoms with Crippen LogP contribution in [-0.4, -0.2) is 402 Å². The molecule has 0 aliphatic carbocycles. The zero-order valence-electron chi connectivity index (χ0n) is 84.2. The van der Waals surface area contributed by atoms with E-state index in [1.807, 2.05) is 0 Å². The number of methoxy groups -OCH3 is 9. The second kappa shape index (κ2) is 71.2. The Morgan fingerprint density at radius 1 is 0.216 bits per heavy atom. The molecular formula is C92H164O41S. The minimum atomic E-state index is -2.31. The summed E-state index contributed by atoms with van der Waals surface area (Å²) < 4.78 is 162. The van der Waals surface area contributed by atoms with Gasteiger partial charge < -0.3 is 142 Å². The second-order valence-electron chi connectivity index (χ2n) is 35.6. The van der Waals surface area contributed by atoms with E-state index in [9.17, 15) is 19.5 Å². The molecule has 0 heterocycles. The van der Waals surface area contributed by atoms with Crippen LogP contribution in [-0.2, 0) is 190 Å². The highest BCUT2D eigenvalue weighted by molar-refractivity contribution is 8.02. The molecule has 0 spiro atoms. The standard InChI is InChI=1S/C92H164O41S/c1-23-83(2,3)73(95)133-61-71(93)60-132-72(94)62-134-92(13,82(104)131-59-50-122-41-32-113-22)70-91(12,81(103)130-58-49-121-40-31-112-21)69-90(11,80(102)129-57-48-120-39-30-111-20)68-89(10,79(101)128-56-47-119-38-29-110-19)67-88(9,78(100)127-55-46-118-37-28-109-18)66-87(8,77(99)126-54-45-117-36-27-108-17)65-86(7,76(98)125-53-44-116-35-26-107-16)64-85(6,75(97)124-52-43-115-34-25-106-15)63-84(4,5)74(96)123-51-42-114-33-24-105-14/h71,93H,23-70H2,1-22H3. The fourth-order valence-corrected chi connectivity index (χ4v) is 16.2. The first-order valence-electron chi connectivity index (χ1n) is 45.3. The van der Waals surface area contributed by atoms with E-state index in [0.29, 0.717) is 18.2 Å². The van der Waals surface area contributed by atoms with E-state index in [1.165, 1.54) is 133 Å². The van der Waals surface area contributed by atoms with E-state index >= 15 is 38.4 Å². The summed E-state index contributed by atoms with van der Waals surface area (Å²) in [4.78, 5) is 169. The predicted molar refractivity (Wildman–Crippen MR) is 483 cm³/mol. The van der Waals surface area contributed by atoms with E-state index in [4.69, 9.17) is 137 Å². The van der Waals surface area contributed by atoms with Gasteiger partial charge >= 0.3 is 65.7 Å². The fourth-order valence-electron chi connectivity index (χ4n) is 15.1. The molecule has 1 N–H and O–H groups in total. The third-order valence-electron chi connectivity index (χ3n) is 21.5. The van der Waals surface area contributed by atoms with Crippen molar-refractivity contribution in [1.29, 1.82) is 0 Å². The van der Waals surface area contributed by atoms with Gasteiger partial charge in [-0.25, -0.2) is 0 Å². The van der Waals surface area contributed by atoms with Gasteiger partial charge in [-0.05, 0) is 141 Å². The van der Waals surface area contributed by atoms with Crippen molar-refractivity contribution in [3.63, 3.8) is 0 Å². The lowest BCUT2D eigenvalue weighted by Gasteiger charge is -2.47. The summed E-state index contributed by atoms with van der Waals surface area (Å²) in [5.74, 6) is -11.5. The van der Waals surface area contributed by atoms with Gasteiger partial charge in [0.2, 0.25) is 0 Å². The topological polar surface area (TPSA) is 476 Å². The van der Waals surface area contributed by atoms with Crippen molar-refractivity contribution in [2.75, 3.05) is 321 Å². The van der Waals surface area contributed by atoms with E-state index in [2.05, 4.69) is 0 Å². The van der Waals surface area contributed by atoms with Crippen molar-refractivity contribution >= 4 is 77.4 Å². The molecule has 0 rings (SSSR count). The number of ether oxygens (including phenoxy) is 29. The zero-order valence-corrected chi connectivity index (χ0v) is 85.0. The molecule has 0 fully saturated rings. The minimum absolute atomic E-state index is 0.0205. The van der Waals surface area contributed by atoms with Crippen LogP contribution >= 0.6 is 11.8 Å². The number of hydrogen-bond donors (Lipinski definition) is 1. The first kappa shape index (κ1) is 128. The van der Waals surface area contributed by atoms with Gasteiger partial charge in [0, 0.05) is 64.0 Å². The van der Waals surface area contributed by atoms with E-state index in [1.54, 1.807) is 20.8 Å². The molecule has 9 atom stereocenters. The Morgan fingerprint density at radius 2 is 0.396 bits per heavy atom. The first-order chi connectivity index (χ1) is 63.5. The van der Waals surface area contributed by atoms with Crippen molar-refractivity contribution in [2.24, 2.45) is 48.7 Å².